The van der Waals surface area contributed by atoms with Crippen LogP contribution in [0.4, 0.5) is 4.39 Å². The molecule has 0 aliphatic rings. The zero-order valence-corrected chi connectivity index (χ0v) is 13.4. The summed E-state index contributed by atoms with van der Waals surface area (Å²) in [6, 6.07) is 20.7. The molecule has 0 amide bonds. The first-order chi connectivity index (χ1) is 11.2. The smallest absolute Gasteiger partial charge is 0.198 e. The molecular formula is C20H14FOS+. The highest BCUT2D eigenvalue weighted by atomic mass is 32.2. The molecule has 1 unspecified atom stereocenters. The number of benzene rings is 3. The molecule has 3 heteroatoms. The molecule has 1 aromatic heterocycles. The van der Waals surface area contributed by atoms with E-state index in [4.69, 9.17) is 0 Å². The van der Waals surface area contributed by atoms with Gasteiger partial charge in [-0.1, -0.05) is 18.2 Å². The molecule has 1 heterocycles. The summed E-state index contributed by atoms with van der Waals surface area (Å²) in [5.41, 5.74) is 0.756. The molecule has 0 N–H and O–H groups in total. The molecule has 0 bridgehead atoms. The molecule has 1 atom stereocenters. The summed E-state index contributed by atoms with van der Waals surface area (Å²) in [5, 5.41) is 2.28. The number of halogens is 1. The number of Topliss-reactive ketones (excluding diaryl/α,β-unsaturated/α-hetero) is 1. The first kappa shape index (κ1) is 14.1. The van der Waals surface area contributed by atoms with Crippen molar-refractivity contribution in [2.45, 2.75) is 6.92 Å². The van der Waals surface area contributed by atoms with Crippen LogP contribution in [0.3, 0.4) is 0 Å². The lowest BCUT2D eigenvalue weighted by molar-refractivity contribution is 0.101. The highest BCUT2D eigenvalue weighted by Gasteiger charge is 2.27. The summed E-state index contributed by atoms with van der Waals surface area (Å²) in [5.74, 6) is -0.181. The van der Waals surface area contributed by atoms with Gasteiger partial charge in [-0.15, -0.1) is 0 Å². The molecule has 0 saturated carbocycles. The van der Waals surface area contributed by atoms with Crippen molar-refractivity contribution < 1.29 is 9.18 Å². The van der Waals surface area contributed by atoms with Crippen LogP contribution in [0, 0.1) is 5.82 Å². The van der Waals surface area contributed by atoms with Gasteiger partial charge in [0.2, 0.25) is 0 Å². The highest BCUT2D eigenvalue weighted by molar-refractivity contribution is 7.50. The van der Waals surface area contributed by atoms with Gasteiger partial charge in [-0.25, -0.2) is 4.39 Å². The Hall–Kier alpha value is -2.52. The van der Waals surface area contributed by atoms with Crippen molar-refractivity contribution in [3.63, 3.8) is 0 Å². The minimum atomic E-state index is -0.368. The van der Waals surface area contributed by atoms with Crippen molar-refractivity contribution in [2.24, 2.45) is 0 Å². The van der Waals surface area contributed by atoms with Crippen LogP contribution in [0.25, 0.3) is 25.1 Å². The Kier molecular flexibility index (Phi) is 3.24. The van der Waals surface area contributed by atoms with E-state index >= 15 is 0 Å². The second-order valence-electron chi connectivity index (χ2n) is 5.49. The number of thiophene rings is 1. The van der Waals surface area contributed by atoms with Gasteiger partial charge in [-0.2, -0.15) is 0 Å². The Morgan fingerprint density at radius 1 is 0.870 bits per heavy atom. The predicted molar refractivity (Wildman–Crippen MR) is 95.2 cm³/mol. The van der Waals surface area contributed by atoms with Gasteiger partial charge in [0, 0.05) is 33.4 Å². The van der Waals surface area contributed by atoms with Crippen molar-refractivity contribution in [2.75, 3.05) is 0 Å². The molecule has 1 nitrogen and oxygen atoms in total. The quantitative estimate of drug-likeness (QED) is 0.323. The normalized spacial score (nSPS) is 12.0. The summed E-state index contributed by atoms with van der Waals surface area (Å²) >= 11 is 0. The highest BCUT2D eigenvalue weighted by Crippen LogP contribution is 2.49. The lowest BCUT2D eigenvalue weighted by Crippen LogP contribution is -1.91. The van der Waals surface area contributed by atoms with E-state index in [0.717, 1.165) is 20.5 Å². The lowest BCUT2D eigenvalue weighted by Gasteiger charge is -1.97. The van der Waals surface area contributed by atoms with Crippen LogP contribution in [-0.4, -0.2) is 5.78 Å². The van der Waals surface area contributed by atoms with Crippen LogP contribution >= 0.6 is 10.5 Å². The summed E-state index contributed by atoms with van der Waals surface area (Å²) in [6.45, 7) is 1.60. The molecule has 4 aromatic rings. The maximum Gasteiger partial charge on any atom is 0.198 e. The van der Waals surface area contributed by atoms with Gasteiger partial charge >= 0.3 is 0 Å². The third kappa shape index (κ3) is 2.16. The Morgan fingerprint density at radius 3 is 2.30 bits per heavy atom. The molecule has 0 aliphatic carbocycles. The molecule has 0 fully saturated rings. The summed E-state index contributed by atoms with van der Waals surface area (Å²) in [7, 11) is -0.368. The van der Waals surface area contributed by atoms with E-state index in [2.05, 4.69) is 18.2 Å². The van der Waals surface area contributed by atoms with Crippen molar-refractivity contribution in [1.29, 1.82) is 0 Å². The SMILES string of the molecule is CC(=O)c1cccc2c3ccccc3[s+](-c3ccc(F)cc3)c12. The van der Waals surface area contributed by atoms with Crippen LogP contribution in [-0.2, 0) is 0 Å². The van der Waals surface area contributed by atoms with Crippen molar-refractivity contribution in [3.8, 4) is 4.90 Å². The first-order valence-corrected chi connectivity index (χ1v) is 8.62. The number of ketones is 1. The van der Waals surface area contributed by atoms with E-state index in [1.807, 2.05) is 36.4 Å². The zero-order valence-electron chi connectivity index (χ0n) is 12.5. The van der Waals surface area contributed by atoms with E-state index in [1.54, 1.807) is 6.92 Å². The Labute approximate surface area is 136 Å². The van der Waals surface area contributed by atoms with E-state index in [0.29, 0.717) is 0 Å². The molecule has 0 aliphatic heterocycles. The lowest BCUT2D eigenvalue weighted by atomic mass is 10.1. The van der Waals surface area contributed by atoms with Gasteiger partial charge < -0.3 is 0 Å². The van der Waals surface area contributed by atoms with Crippen molar-refractivity contribution >= 4 is 36.4 Å². The van der Waals surface area contributed by atoms with E-state index in [-0.39, 0.29) is 22.1 Å². The molecule has 4 rings (SSSR count). The first-order valence-electron chi connectivity index (χ1n) is 7.40. The number of rotatable bonds is 2. The van der Waals surface area contributed by atoms with Crippen molar-refractivity contribution in [1.82, 2.24) is 0 Å². The fourth-order valence-corrected chi connectivity index (χ4v) is 5.60. The minimum Gasteiger partial charge on any atom is -0.294 e. The van der Waals surface area contributed by atoms with Gasteiger partial charge in [0.05, 0.1) is 5.56 Å². The van der Waals surface area contributed by atoms with Crippen LogP contribution in [0.15, 0.2) is 66.7 Å². The van der Waals surface area contributed by atoms with Gasteiger partial charge in [0.15, 0.2) is 20.1 Å². The standard InChI is InChI=1S/C20H14FOS/c1-13(22)16-6-4-7-18-17-5-2-3-8-19(17)23(20(16)18)15-11-9-14(21)10-12-15/h2-12H,1H3/q+1. The largest absolute Gasteiger partial charge is 0.294 e. The fourth-order valence-electron chi connectivity index (χ4n) is 3.04. The van der Waals surface area contributed by atoms with E-state index in [9.17, 15) is 9.18 Å². The predicted octanol–water partition coefficient (Wildman–Crippen LogP) is 6.07. The van der Waals surface area contributed by atoms with Gasteiger partial charge in [0.25, 0.3) is 0 Å². The Bertz CT molecular complexity index is 1040. The van der Waals surface area contributed by atoms with Crippen LogP contribution < -0.4 is 0 Å². The summed E-state index contributed by atoms with van der Waals surface area (Å²) < 4.78 is 15.6. The molecule has 0 saturated heterocycles. The molecule has 0 radical (unpaired) electrons. The average Bonchev–Trinajstić information content (AvgIpc) is 2.90. The number of carbonyl (C=O) groups excluding carboxylic acids is 1. The number of carbonyl (C=O) groups is 1. The van der Waals surface area contributed by atoms with Crippen LogP contribution in [0.2, 0.25) is 0 Å². The summed E-state index contributed by atoms with van der Waals surface area (Å²) in [6.07, 6.45) is 0. The number of fused-ring (bicyclic) bond motifs is 3. The minimum absolute atomic E-state index is 0.0641. The van der Waals surface area contributed by atoms with E-state index in [1.165, 1.54) is 22.2 Å². The molecule has 0 spiro atoms. The van der Waals surface area contributed by atoms with Gasteiger partial charge in [0.1, 0.15) is 5.82 Å². The fraction of sp³-hybridized carbons (Fsp3) is 0.0500. The maximum absolute atomic E-state index is 13.3. The van der Waals surface area contributed by atoms with E-state index < -0.39 is 0 Å². The third-order valence-corrected chi connectivity index (χ3v) is 6.43. The Morgan fingerprint density at radius 2 is 1.57 bits per heavy atom. The molecule has 23 heavy (non-hydrogen) atoms. The second kappa shape index (κ2) is 5.28. The summed E-state index contributed by atoms with van der Waals surface area (Å²) in [4.78, 5) is 13.2. The maximum atomic E-state index is 13.3. The van der Waals surface area contributed by atoms with Gasteiger partial charge in [-0.3, -0.25) is 4.79 Å². The topological polar surface area (TPSA) is 17.1 Å². The molecule has 112 valence electrons. The zero-order chi connectivity index (χ0) is 16.0. The third-order valence-electron chi connectivity index (χ3n) is 4.04. The van der Waals surface area contributed by atoms with Crippen LogP contribution in [0.5, 0.6) is 0 Å². The van der Waals surface area contributed by atoms with Crippen LogP contribution in [0.1, 0.15) is 17.3 Å². The number of hydrogen-bond donors (Lipinski definition) is 0. The molecular weight excluding hydrogens is 307 g/mol. The monoisotopic (exact) mass is 321 g/mol. The molecule has 3 aromatic carbocycles. The van der Waals surface area contributed by atoms with Gasteiger partial charge in [-0.05, 0) is 43.3 Å². The Balaban J connectivity index is 2.23. The van der Waals surface area contributed by atoms with Crippen molar-refractivity contribution in [3.05, 3.63) is 78.1 Å². The number of hydrogen-bond acceptors (Lipinski definition) is 1. The average molecular weight is 321 g/mol. The second-order valence-corrected chi connectivity index (χ2v) is 7.43.